The zero-order valence-electron chi connectivity index (χ0n) is 20.2. The summed E-state index contributed by atoms with van der Waals surface area (Å²) < 4.78 is 8.87. The highest BCUT2D eigenvalue weighted by atomic mass is 32.2. The molecule has 1 saturated heterocycles. The van der Waals surface area contributed by atoms with E-state index in [0.717, 1.165) is 53.5 Å². The molecule has 4 nitrogen and oxygen atoms in total. The summed E-state index contributed by atoms with van der Waals surface area (Å²) in [5, 5.41) is 1.16. The van der Waals surface area contributed by atoms with E-state index < -0.39 is 0 Å². The third-order valence-electron chi connectivity index (χ3n) is 7.05. The number of ether oxygens (including phenoxy) is 1. The second kappa shape index (κ2) is 11.0. The van der Waals surface area contributed by atoms with Gasteiger partial charge in [0.2, 0.25) is 0 Å². The lowest BCUT2D eigenvalue weighted by molar-refractivity contribution is -0.122. The van der Waals surface area contributed by atoms with Crippen molar-refractivity contribution in [1.82, 2.24) is 9.47 Å². The topological polar surface area (TPSA) is 34.5 Å². The van der Waals surface area contributed by atoms with Crippen LogP contribution in [0.1, 0.15) is 49.7 Å². The molecular weight excluding hydrogens is 472 g/mol. The first-order valence-corrected chi connectivity index (χ1v) is 13.8. The van der Waals surface area contributed by atoms with Crippen LogP contribution in [0.3, 0.4) is 0 Å². The molecule has 1 aliphatic carbocycles. The molecule has 0 unspecified atom stereocenters. The van der Waals surface area contributed by atoms with Crippen molar-refractivity contribution >= 4 is 51.2 Å². The Balaban J connectivity index is 1.26. The normalized spacial score (nSPS) is 17.9. The molecule has 2 heterocycles. The fourth-order valence-electron chi connectivity index (χ4n) is 5.08. The fraction of sp³-hybridized carbons (Fsp3) is 0.379. The van der Waals surface area contributed by atoms with Crippen LogP contribution in [0.2, 0.25) is 0 Å². The van der Waals surface area contributed by atoms with E-state index in [1.165, 1.54) is 48.5 Å². The van der Waals surface area contributed by atoms with Crippen LogP contribution in [0, 0.1) is 12.8 Å². The number of rotatable bonds is 9. The zero-order valence-corrected chi connectivity index (χ0v) is 21.9. The Morgan fingerprint density at radius 1 is 1.09 bits per heavy atom. The Hall–Kier alpha value is -2.57. The molecule has 1 aliphatic heterocycles. The minimum absolute atomic E-state index is 0.0568. The molecule has 35 heavy (non-hydrogen) atoms. The van der Waals surface area contributed by atoms with E-state index in [-0.39, 0.29) is 5.91 Å². The number of thiocarbonyl (C=S) groups is 1. The second-order valence-electron chi connectivity index (χ2n) is 9.58. The van der Waals surface area contributed by atoms with Crippen LogP contribution in [0.25, 0.3) is 17.0 Å². The van der Waals surface area contributed by atoms with E-state index >= 15 is 0 Å². The van der Waals surface area contributed by atoms with Crippen LogP contribution in [0.5, 0.6) is 5.75 Å². The van der Waals surface area contributed by atoms with Gasteiger partial charge in [-0.3, -0.25) is 9.69 Å². The minimum atomic E-state index is 0.0568. The average molecular weight is 505 g/mol. The van der Waals surface area contributed by atoms with Gasteiger partial charge in [-0.25, -0.2) is 0 Å². The summed E-state index contributed by atoms with van der Waals surface area (Å²) >= 11 is 7.01. The standard InChI is InChI=1S/C29H32N2O2S2/c1-21-11-13-24(14-12-21)33-18-6-16-30-20-23(25-9-4-5-10-26(25)30)19-27-28(32)31(29(34)35-27)17-15-22-7-2-3-8-22/h4-5,9-14,19-20,22H,2-3,6-8,15-18H2,1H3/b27-19-. The Bertz CT molecular complexity index is 1240. The molecule has 2 fully saturated rings. The van der Waals surface area contributed by atoms with E-state index in [1.54, 1.807) is 0 Å². The molecule has 6 heteroatoms. The molecule has 3 aromatic rings. The van der Waals surface area contributed by atoms with Gasteiger partial charge in [-0.15, -0.1) is 0 Å². The maximum atomic E-state index is 13.2. The maximum absolute atomic E-state index is 13.2. The van der Waals surface area contributed by atoms with Gasteiger partial charge < -0.3 is 9.30 Å². The largest absolute Gasteiger partial charge is 0.494 e. The molecule has 182 valence electrons. The Morgan fingerprint density at radius 2 is 1.86 bits per heavy atom. The average Bonchev–Trinajstić information content (AvgIpc) is 3.57. The highest BCUT2D eigenvalue weighted by Gasteiger charge is 2.32. The lowest BCUT2D eigenvalue weighted by Gasteiger charge is -2.17. The van der Waals surface area contributed by atoms with Gasteiger partial charge in [-0.05, 0) is 50.0 Å². The number of amides is 1. The third kappa shape index (κ3) is 5.65. The number of hydrogen-bond donors (Lipinski definition) is 0. The molecule has 0 atom stereocenters. The lowest BCUT2D eigenvalue weighted by atomic mass is 10.0. The summed E-state index contributed by atoms with van der Waals surface area (Å²) in [5.41, 5.74) is 3.47. The maximum Gasteiger partial charge on any atom is 0.266 e. The van der Waals surface area contributed by atoms with Gasteiger partial charge in [0.25, 0.3) is 5.91 Å². The smallest absolute Gasteiger partial charge is 0.266 e. The van der Waals surface area contributed by atoms with Gasteiger partial charge in [0.1, 0.15) is 10.1 Å². The number of hydrogen-bond acceptors (Lipinski definition) is 4. The second-order valence-corrected chi connectivity index (χ2v) is 11.3. The highest BCUT2D eigenvalue weighted by molar-refractivity contribution is 8.26. The quantitative estimate of drug-likeness (QED) is 0.175. The molecule has 0 radical (unpaired) electrons. The van der Waals surface area contributed by atoms with E-state index in [4.69, 9.17) is 17.0 Å². The summed E-state index contributed by atoms with van der Waals surface area (Å²) in [5.74, 6) is 1.71. The van der Waals surface area contributed by atoms with Gasteiger partial charge >= 0.3 is 0 Å². The zero-order chi connectivity index (χ0) is 24.2. The number of aromatic nitrogens is 1. The fourth-order valence-corrected chi connectivity index (χ4v) is 6.38. The highest BCUT2D eigenvalue weighted by Crippen LogP contribution is 2.36. The number of thioether (sulfide) groups is 1. The SMILES string of the molecule is Cc1ccc(OCCCn2cc(/C=C3\SC(=S)N(CCC4CCCC4)C3=O)c3ccccc32)cc1. The summed E-state index contributed by atoms with van der Waals surface area (Å²) in [6.45, 7) is 4.33. The first-order valence-electron chi connectivity index (χ1n) is 12.6. The molecule has 1 amide bonds. The number of carbonyl (C=O) groups excluding carboxylic acids is 1. The number of nitrogens with zero attached hydrogens (tertiary/aromatic N) is 2. The lowest BCUT2D eigenvalue weighted by Crippen LogP contribution is -2.30. The van der Waals surface area contributed by atoms with Gasteiger partial charge in [-0.1, -0.05) is 85.6 Å². The third-order valence-corrected chi connectivity index (χ3v) is 8.43. The molecular formula is C29H32N2O2S2. The molecule has 2 aromatic carbocycles. The molecule has 0 bridgehead atoms. The van der Waals surface area contributed by atoms with Crippen molar-refractivity contribution < 1.29 is 9.53 Å². The summed E-state index contributed by atoms with van der Waals surface area (Å²) in [4.78, 5) is 15.7. The van der Waals surface area contributed by atoms with Crippen LogP contribution in [0.4, 0.5) is 0 Å². The number of fused-ring (bicyclic) bond motifs is 1. The van der Waals surface area contributed by atoms with E-state index in [0.29, 0.717) is 10.9 Å². The number of aryl methyl sites for hydroxylation is 2. The molecule has 2 aliphatic rings. The summed E-state index contributed by atoms with van der Waals surface area (Å²) in [6, 6.07) is 16.6. The Morgan fingerprint density at radius 3 is 2.66 bits per heavy atom. The van der Waals surface area contributed by atoms with Crippen molar-refractivity contribution in [3.8, 4) is 5.75 Å². The minimum Gasteiger partial charge on any atom is -0.494 e. The molecule has 5 rings (SSSR count). The van der Waals surface area contributed by atoms with Crippen molar-refractivity contribution in [1.29, 1.82) is 0 Å². The van der Waals surface area contributed by atoms with Crippen molar-refractivity contribution in [2.75, 3.05) is 13.2 Å². The van der Waals surface area contributed by atoms with E-state index in [2.05, 4.69) is 54.1 Å². The van der Waals surface area contributed by atoms with Crippen molar-refractivity contribution in [3.63, 3.8) is 0 Å². The number of para-hydroxylation sites is 1. The number of benzene rings is 2. The molecule has 1 aromatic heterocycles. The first kappa shape index (κ1) is 24.1. The van der Waals surface area contributed by atoms with Gasteiger partial charge in [-0.2, -0.15) is 0 Å². The Kier molecular flexibility index (Phi) is 7.59. The molecule has 0 N–H and O–H groups in total. The predicted molar refractivity (Wildman–Crippen MR) is 150 cm³/mol. The first-order chi connectivity index (χ1) is 17.1. The van der Waals surface area contributed by atoms with E-state index in [1.807, 2.05) is 23.1 Å². The van der Waals surface area contributed by atoms with Crippen LogP contribution in [-0.4, -0.2) is 32.8 Å². The van der Waals surface area contributed by atoms with E-state index in [9.17, 15) is 4.79 Å². The number of carbonyl (C=O) groups is 1. The van der Waals surface area contributed by atoms with Crippen LogP contribution in [0.15, 0.2) is 59.6 Å². The van der Waals surface area contributed by atoms with Crippen molar-refractivity contribution in [3.05, 3.63) is 70.8 Å². The van der Waals surface area contributed by atoms with Crippen molar-refractivity contribution in [2.24, 2.45) is 5.92 Å². The molecule has 1 saturated carbocycles. The van der Waals surface area contributed by atoms with Crippen LogP contribution < -0.4 is 4.74 Å². The summed E-state index contributed by atoms with van der Waals surface area (Å²) in [6.07, 6.45) is 11.4. The monoisotopic (exact) mass is 504 g/mol. The summed E-state index contributed by atoms with van der Waals surface area (Å²) in [7, 11) is 0. The van der Waals surface area contributed by atoms with Gasteiger partial charge in [0, 0.05) is 35.8 Å². The molecule has 0 spiro atoms. The van der Waals surface area contributed by atoms with Gasteiger partial charge in [0.05, 0.1) is 11.5 Å². The van der Waals surface area contributed by atoms with Crippen LogP contribution >= 0.6 is 24.0 Å². The van der Waals surface area contributed by atoms with Crippen LogP contribution in [-0.2, 0) is 11.3 Å². The Labute approximate surface area is 217 Å². The van der Waals surface area contributed by atoms with Crippen molar-refractivity contribution in [2.45, 2.75) is 52.0 Å². The predicted octanol–water partition coefficient (Wildman–Crippen LogP) is 7.20. The van der Waals surface area contributed by atoms with Gasteiger partial charge in [0.15, 0.2) is 0 Å².